The molecule has 3 aliphatic rings. The SMILES string of the molecule is Fc1cc(COc2ccc(C3CC3)cc2)c2c(c1)CC1(CCCC1)O2.O=C(O)O. The number of carboxylic acid groups (broad SMARTS) is 2. The molecule has 0 amide bonds. The van der Waals surface area contributed by atoms with Gasteiger partial charge in [0.25, 0.3) is 0 Å². The molecule has 0 atom stereocenters. The summed E-state index contributed by atoms with van der Waals surface area (Å²) in [6.45, 7) is 0.346. The van der Waals surface area contributed by atoms with Gasteiger partial charge in [0, 0.05) is 17.5 Å². The van der Waals surface area contributed by atoms with Crippen LogP contribution in [0.4, 0.5) is 9.18 Å². The van der Waals surface area contributed by atoms with E-state index in [1.54, 1.807) is 12.1 Å². The molecule has 2 saturated carbocycles. The molecule has 0 bridgehead atoms. The number of halogens is 1. The molecular formula is C23H25FO5. The second-order valence-electron chi connectivity index (χ2n) is 8.14. The first-order chi connectivity index (χ1) is 13.9. The number of hydrogen-bond donors (Lipinski definition) is 2. The Morgan fingerprint density at radius 1 is 1.14 bits per heavy atom. The summed E-state index contributed by atoms with van der Waals surface area (Å²) in [5, 5.41) is 13.9. The number of ether oxygens (including phenoxy) is 2. The van der Waals surface area contributed by atoms with Gasteiger partial charge in [-0.25, -0.2) is 9.18 Å². The Morgan fingerprint density at radius 2 is 1.79 bits per heavy atom. The van der Waals surface area contributed by atoms with Gasteiger partial charge in [0.1, 0.15) is 29.5 Å². The molecule has 6 heteroatoms. The third-order valence-electron chi connectivity index (χ3n) is 5.88. The van der Waals surface area contributed by atoms with Crippen LogP contribution in [0.2, 0.25) is 0 Å². The Bertz CT molecular complexity index is 879. The third-order valence-corrected chi connectivity index (χ3v) is 5.88. The molecule has 0 aromatic heterocycles. The van der Waals surface area contributed by atoms with E-state index in [4.69, 9.17) is 24.5 Å². The molecule has 0 unspecified atom stereocenters. The van der Waals surface area contributed by atoms with Crippen LogP contribution >= 0.6 is 0 Å². The molecule has 0 saturated heterocycles. The highest BCUT2D eigenvalue weighted by atomic mass is 19.1. The summed E-state index contributed by atoms with van der Waals surface area (Å²) in [7, 11) is 0. The molecule has 2 N–H and O–H groups in total. The van der Waals surface area contributed by atoms with Crippen molar-refractivity contribution in [3.63, 3.8) is 0 Å². The predicted molar refractivity (Wildman–Crippen MR) is 105 cm³/mol. The highest BCUT2D eigenvalue weighted by molar-refractivity contribution is 5.53. The van der Waals surface area contributed by atoms with E-state index < -0.39 is 6.16 Å². The van der Waals surface area contributed by atoms with Crippen molar-refractivity contribution < 1.29 is 28.9 Å². The number of fused-ring (bicyclic) bond motifs is 1. The number of hydrogen-bond acceptors (Lipinski definition) is 3. The molecule has 5 nitrogen and oxygen atoms in total. The summed E-state index contributed by atoms with van der Waals surface area (Å²) in [4.78, 5) is 8.56. The lowest BCUT2D eigenvalue weighted by atomic mass is 9.95. The molecule has 2 aromatic carbocycles. The largest absolute Gasteiger partial charge is 0.503 e. The van der Waals surface area contributed by atoms with Crippen LogP contribution in [0.1, 0.15) is 61.1 Å². The smallest absolute Gasteiger partial charge is 0.489 e. The topological polar surface area (TPSA) is 76.0 Å². The molecule has 2 aromatic rings. The van der Waals surface area contributed by atoms with E-state index in [0.717, 1.165) is 47.8 Å². The van der Waals surface area contributed by atoms with Crippen LogP contribution in [0.5, 0.6) is 11.5 Å². The summed E-state index contributed by atoms with van der Waals surface area (Å²) in [5.41, 5.74) is 3.14. The van der Waals surface area contributed by atoms with Crippen molar-refractivity contribution in [2.75, 3.05) is 0 Å². The van der Waals surface area contributed by atoms with Crippen LogP contribution in [0.15, 0.2) is 36.4 Å². The highest BCUT2D eigenvalue weighted by Crippen LogP contribution is 2.46. The first kappa shape index (κ1) is 19.6. The fourth-order valence-corrected chi connectivity index (χ4v) is 4.39. The molecular weight excluding hydrogens is 375 g/mol. The van der Waals surface area contributed by atoms with Crippen molar-refractivity contribution in [1.29, 1.82) is 0 Å². The first-order valence-electron chi connectivity index (χ1n) is 10.1. The molecule has 5 rings (SSSR count). The number of rotatable bonds is 4. The molecule has 29 heavy (non-hydrogen) atoms. The van der Waals surface area contributed by atoms with Crippen LogP contribution in [-0.4, -0.2) is 22.0 Å². The highest BCUT2D eigenvalue weighted by Gasteiger charge is 2.42. The van der Waals surface area contributed by atoms with Gasteiger partial charge in [0.2, 0.25) is 0 Å². The van der Waals surface area contributed by atoms with Gasteiger partial charge in [0.15, 0.2) is 0 Å². The maximum absolute atomic E-state index is 14.1. The van der Waals surface area contributed by atoms with Gasteiger partial charge in [-0.1, -0.05) is 12.1 Å². The minimum atomic E-state index is -1.83. The normalized spacial score (nSPS) is 18.5. The number of benzene rings is 2. The zero-order chi connectivity index (χ0) is 20.4. The number of carbonyl (C=O) groups is 1. The lowest BCUT2D eigenvalue weighted by Gasteiger charge is -2.23. The zero-order valence-corrected chi connectivity index (χ0v) is 16.2. The maximum Gasteiger partial charge on any atom is 0.503 e. The lowest BCUT2D eigenvalue weighted by molar-refractivity contribution is 0.100. The van der Waals surface area contributed by atoms with Crippen molar-refractivity contribution >= 4 is 6.16 Å². The van der Waals surface area contributed by atoms with Crippen LogP contribution < -0.4 is 9.47 Å². The quantitative estimate of drug-likeness (QED) is 0.683. The summed E-state index contributed by atoms with van der Waals surface area (Å²) in [6.07, 6.45) is 6.16. The van der Waals surface area contributed by atoms with Crippen molar-refractivity contribution in [3.8, 4) is 11.5 Å². The minimum absolute atomic E-state index is 0.0865. The lowest BCUT2D eigenvalue weighted by Crippen LogP contribution is -2.30. The van der Waals surface area contributed by atoms with Gasteiger partial charge >= 0.3 is 6.16 Å². The van der Waals surface area contributed by atoms with E-state index in [1.807, 2.05) is 12.1 Å². The third kappa shape index (κ3) is 4.63. The summed E-state index contributed by atoms with van der Waals surface area (Å²) in [5.74, 6) is 2.24. The van der Waals surface area contributed by atoms with Gasteiger partial charge in [-0.05, 0) is 74.3 Å². The van der Waals surface area contributed by atoms with Gasteiger partial charge < -0.3 is 19.7 Å². The van der Waals surface area contributed by atoms with Crippen molar-refractivity contribution in [3.05, 3.63) is 58.9 Å². The van der Waals surface area contributed by atoms with Crippen LogP contribution in [0.3, 0.4) is 0 Å². The molecule has 1 heterocycles. The van der Waals surface area contributed by atoms with E-state index in [0.29, 0.717) is 6.61 Å². The first-order valence-corrected chi connectivity index (χ1v) is 10.1. The molecule has 2 aliphatic carbocycles. The van der Waals surface area contributed by atoms with E-state index in [-0.39, 0.29) is 11.4 Å². The summed E-state index contributed by atoms with van der Waals surface area (Å²) >= 11 is 0. The van der Waals surface area contributed by atoms with E-state index in [2.05, 4.69) is 12.1 Å². The van der Waals surface area contributed by atoms with Gasteiger partial charge in [0.05, 0.1) is 0 Å². The van der Waals surface area contributed by atoms with E-state index in [9.17, 15) is 4.39 Å². The molecule has 1 aliphatic heterocycles. The monoisotopic (exact) mass is 400 g/mol. The second-order valence-corrected chi connectivity index (χ2v) is 8.14. The zero-order valence-electron chi connectivity index (χ0n) is 16.2. The van der Waals surface area contributed by atoms with Crippen LogP contribution in [-0.2, 0) is 13.0 Å². The minimum Gasteiger partial charge on any atom is -0.489 e. The van der Waals surface area contributed by atoms with Crippen molar-refractivity contribution in [2.45, 2.75) is 63.1 Å². The van der Waals surface area contributed by atoms with Crippen LogP contribution in [0.25, 0.3) is 0 Å². The predicted octanol–water partition coefficient (Wildman–Crippen LogP) is 5.75. The summed E-state index contributed by atoms with van der Waals surface area (Å²) < 4.78 is 26.3. The maximum atomic E-state index is 14.1. The molecule has 0 radical (unpaired) electrons. The molecule has 1 spiro atoms. The van der Waals surface area contributed by atoms with E-state index >= 15 is 0 Å². The van der Waals surface area contributed by atoms with Gasteiger partial charge in [-0.3, -0.25) is 0 Å². The Balaban J connectivity index is 0.000000472. The Morgan fingerprint density at radius 3 is 2.41 bits per heavy atom. The van der Waals surface area contributed by atoms with Crippen LogP contribution in [0, 0.1) is 5.82 Å². The fraction of sp³-hybridized carbons (Fsp3) is 0.435. The van der Waals surface area contributed by atoms with Crippen molar-refractivity contribution in [2.24, 2.45) is 0 Å². The Kier molecular flexibility index (Phi) is 5.35. The molecule has 2 fully saturated rings. The second kappa shape index (κ2) is 7.93. The van der Waals surface area contributed by atoms with Crippen molar-refractivity contribution in [1.82, 2.24) is 0 Å². The van der Waals surface area contributed by atoms with E-state index in [1.165, 1.54) is 31.2 Å². The average molecular weight is 400 g/mol. The van der Waals surface area contributed by atoms with Gasteiger partial charge in [-0.15, -0.1) is 0 Å². The standard InChI is InChI=1S/C22H23FO2.CH2O3/c23-19-11-17-13-22(9-1-2-10-22)25-21(17)18(12-19)14-24-20-7-5-16(6-8-20)15-3-4-15;2-1(3)4/h5-8,11-12,15H,1-4,9-10,13-14H2;(H2,2,3,4). The molecule has 154 valence electrons. The summed E-state index contributed by atoms with van der Waals surface area (Å²) in [6, 6.07) is 11.5. The van der Waals surface area contributed by atoms with Gasteiger partial charge in [-0.2, -0.15) is 0 Å². The Labute approximate surface area is 169 Å². The average Bonchev–Trinajstić information content (AvgIpc) is 3.33. The fourth-order valence-electron chi connectivity index (χ4n) is 4.39. The Hall–Kier alpha value is -2.76.